The Kier molecular flexibility index (Phi) is 4.00. The molecule has 2 aromatic heterocycles. The van der Waals surface area contributed by atoms with Crippen molar-refractivity contribution in [2.24, 2.45) is 16.1 Å². The molecular weight excluding hydrogens is 367 g/mol. The Morgan fingerprint density at radius 3 is 2.81 bits per heavy atom. The second kappa shape index (κ2) is 6.13. The number of carbonyl (C=O) groups is 1. The molecule has 0 N–H and O–H groups in total. The van der Waals surface area contributed by atoms with Gasteiger partial charge in [0.15, 0.2) is 5.82 Å². The monoisotopic (exact) mass is 383 g/mol. The molecule has 1 amide bonds. The Labute approximate surface area is 151 Å². The van der Waals surface area contributed by atoms with Gasteiger partial charge in [-0.25, -0.2) is 4.98 Å². The van der Waals surface area contributed by atoms with E-state index in [1.807, 2.05) is 0 Å². The number of rotatable bonds is 4. The number of imidazole rings is 1. The van der Waals surface area contributed by atoms with Crippen molar-refractivity contribution in [3.63, 3.8) is 0 Å². The van der Waals surface area contributed by atoms with Crippen molar-refractivity contribution in [3.05, 3.63) is 18.3 Å². The quantitative estimate of drug-likeness (QED) is 0.806. The minimum atomic E-state index is -4.52. The van der Waals surface area contributed by atoms with Crippen LogP contribution in [0.25, 0.3) is 11.6 Å². The van der Waals surface area contributed by atoms with Gasteiger partial charge >= 0.3 is 6.18 Å². The van der Waals surface area contributed by atoms with Gasteiger partial charge in [-0.05, 0) is 19.8 Å². The van der Waals surface area contributed by atoms with Gasteiger partial charge in [-0.1, -0.05) is 5.16 Å². The number of piperidine rings is 1. The highest BCUT2D eigenvalue weighted by Crippen LogP contribution is 2.51. The standard InChI is InChI=1S/C15H16F3N7O2/c1-9-20-13(27-21-9)11-6-24(8-19-11)7-12(26)25-4-2-3-10(5-25)14(22-23-14)15(16,17)18/h6,8,10H,2-5,7H2,1H3. The number of likely N-dealkylation sites (tertiary alicyclic amines) is 1. The maximum Gasteiger partial charge on any atom is 0.438 e. The first kappa shape index (κ1) is 17.6. The Morgan fingerprint density at radius 1 is 1.41 bits per heavy atom. The number of hydrogen-bond acceptors (Lipinski definition) is 7. The van der Waals surface area contributed by atoms with Crippen LogP contribution < -0.4 is 0 Å². The van der Waals surface area contributed by atoms with E-state index in [9.17, 15) is 18.0 Å². The average molecular weight is 383 g/mol. The third-order valence-electron chi connectivity index (χ3n) is 4.77. The molecule has 0 saturated carbocycles. The molecular formula is C15H16F3N7O2. The molecule has 1 saturated heterocycles. The molecule has 0 aromatic carbocycles. The molecule has 2 aliphatic rings. The summed E-state index contributed by atoms with van der Waals surface area (Å²) < 4.78 is 46.1. The van der Waals surface area contributed by atoms with Crippen LogP contribution in [0.2, 0.25) is 0 Å². The van der Waals surface area contributed by atoms with E-state index in [2.05, 4.69) is 25.4 Å². The lowest BCUT2D eigenvalue weighted by Gasteiger charge is -2.35. The third-order valence-corrected chi connectivity index (χ3v) is 4.77. The molecule has 9 nitrogen and oxygen atoms in total. The number of amides is 1. The van der Waals surface area contributed by atoms with Crippen LogP contribution in [0.3, 0.4) is 0 Å². The van der Waals surface area contributed by atoms with E-state index in [1.165, 1.54) is 15.8 Å². The molecule has 0 bridgehead atoms. The van der Waals surface area contributed by atoms with Gasteiger partial charge in [-0.3, -0.25) is 4.79 Å². The summed E-state index contributed by atoms with van der Waals surface area (Å²) in [4.78, 5) is 22.1. The van der Waals surface area contributed by atoms with Crippen molar-refractivity contribution in [1.82, 2.24) is 24.6 Å². The number of halogens is 3. The molecule has 4 rings (SSSR count). The summed E-state index contributed by atoms with van der Waals surface area (Å²) in [6, 6.07) is 0. The van der Waals surface area contributed by atoms with Gasteiger partial charge in [-0.15, -0.1) is 10.2 Å². The van der Waals surface area contributed by atoms with Crippen LogP contribution in [0.5, 0.6) is 0 Å². The summed E-state index contributed by atoms with van der Waals surface area (Å²) >= 11 is 0. The number of carbonyl (C=O) groups excluding carboxylic acids is 1. The number of aryl methyl sites for hydroxylation is 1. The van der Waals surface area contributed by atoms with Crippen LogP contribution >= 0.6 is 0 Å². The predicted molar refractivity (Wildman–Crippen MR) is 83.2 cm³/mol. The summed E-state index contributed by atoms with van der Waals surface area (Å²) in [5, 5.41) is 10.2. The van der Waals surface area contributed by atoms with Crippen molar-refractivity contribution in [1.29, 1.82) is 0 Å². The molecule has 27 heavy (non-hydrogen) atoms. The first-order chi connectivity index (χ1) is 12.8. The fourth-order valence-electron chi connectivity index (χ4n) is 3.31. The van der Waals surface area contributed by atoms with E-state index in [4.69, 9.17) is 4.52 Å². The molecule has 4 heterocycles. The van der Waals surface area contributed by atoms with Crippen molar-refractivity contribution in [2.75, 3.05) is 13.1 Å². The van der Waals surface area contributed by atoms with E-state index in [-0.39, 0.29) is 24.9 Å². The van der Waals surface area contributed by atoms with E-state index in [1.54, 1.807) is 13.1 Å². The first-order valence-corrected chi connectivity index (χ1v) is 8.39. The van der Waals surface area contributed by atoms with Gasteiger partial charge in [0.2, 0.25) is 5.91 Å². The molecule has 1 unspecified atom stereocenters. The SMILES string of the molecule is Cc1noc(-c2cn(CC(=O)N3CCCC(C4(C(F)(F)F)N=N4)C3)cn2)n1. The van der Waals surface area contributed by atoms with E-state index < -0.39 is 17.8 Å². The highest BCUT2D eigenvalue weighted by atomic mass is 19.4. The Bertz CT molecular complexity index is 882. The Morgan fingerprint density at radius 2 is 2.19 bits per heavy atom. The lowest BCUT2D eigenvalue weighted by Crippen LogP contribution is -2.50. The smallest absolute Gasteiger partial charge is 0.341 e. The minimum absolute atomic E-state index is 0.0181. The van der Waals surface area contributed by atoms with Gasteiger partial charge in [0, 0.05) is 25.2 Å². The topological polar surface area (TPSA) is 102 Å². The number of alkyl halides is 3. The zero-order valence-electron chi connectivity index (χ0n) is 14.3. The second-order valence-electron chi connectivity index (χ2n) is 6.68. The summed E-state index contributed by atoms with van der Waals surface area (Å²) in [6.45, 7) is 2.02. The normalized spacial score (nSPS) is 21.5. The van der Waals surface area contributed by atoms with Crippen molar-refractivity contribution in [2.45, 2.75) is 38.1 Å². The van der Waals surface area contributed by atoms with Crippen molar-refractivity contribution in [3.8, 4) is 11.6 Å². The molecule has 2 aromatic rings. The summed E-state index contributed by atoms with van der Waals surface area (Å²) in [6.07, 6.45) is -0.686. The molecule has 0 aliphatic carbocycles. The molecule has 1 atom stereocenters. The fraction of sp³-hybridized carbons (Fsp3) is 0.600. The van der Waals surface area contributed by atoms with Gasteiger partial charge in [0.05, 0.1) is 6.33 Å². The highest BCUT2D eigenvalue weighted by Gasteiger charge is 2.68. The summed E-state index contributed by atoms with van der Waals surface area (Å²) in [5.74, 6) is -0.427. The molecule has 2 aliphatic heterocycles. The van der Waals surface area contributed by atoms with E-state index in [0.717, 1.165) is 0 Å². The zero-order chi connectivity index (χ0) is 19.2. The van der Waals surface area contributed by atoms with Gasteiger partial charge in [-0.2, -0.15) is 18.2 Å². The van der Waals surface area contributed by atoms with E-state index >= 15 is 0 Å². The highest BCUT2D eigenvalue weighted by molar-refractivity contribution is 5.76. The molecule has 12 heteroatoms. The zero-order valence-corrected chi connectivity index (χ0v) is 14.3. The first-order valence-electron chi connectivity index (χ1n) is 8.39. The summed E-state index contributed by atoms with van der Waals surface area (Å²) in [7, 11) is 0. The van der Waals surface area contributed by atoms with Gasteiger partial charge in [0.1, 0.15) is 12.2 Å². The molecule has 0 spiro atoms. The lowest BCUT2D eigenvalue weighted by molar-refractivity contribution is -0.182. The average Bonchev–Trinajstić information content (AvgIpc) is 3.16. The number of nitrogens with zero attached hydrogens (tertiary/aromatic N) is 7. The van der Waals surface area contributed by atoms with Gasteiger partial charge in [0.25, 0.3) is 11.6 Å². The maximum atomic E-state index is 13.2. The van der Waals surface area contributed by atoms with Crippen molar-refractivity contribution >= 4 is 5.91 Å². The Hall–Kier alpha value is -2.79. The Balaban J connectivity index is 1.41. The van der Waals surface area contributed by atoms with Crippen LogP contribution in [0.1, 0.15) is 18.7 Å². The minimum Gasteiger partial charge on any atom is -0.341 e. The lowest BCUT2D eigenvalue weighted by atomic mass is 9.87. The van der Waals surface area contributed by atoms with Gasteiger partial charge < -0.3 is 14.0 Å². The summed E-state index contributed by atoms with van der Waals surface area (Å²) in [5.41, 5.74) is -1.91. The van der Waals surface area contributed by atoms with Crippen LogP contribution in [-0.4, -0.2) is 55.4 Å². The largest absolute Gasteiger partial charge is 0.438 e. The van der Waals surface area contributed by atoms with E-state index in [0.29, 0.717) is 30.9 Å². The molecule has 0 radical (unpaired) electrons. The number of aromatic nitrogens is 4. The van der Waals surface area contributed by atoms with Crippen LogP contribution in [0, 0.1) is 12.8 Å². The van der Waals surface area contributed by atoms with Crippen LogP contribution in [0.4, 0.5) is 13.2 Å². The third kappa shape index (κ3) is 3.19. The number of hydrogen-bond donors (Lipinski definition) is 0. The van der Waals surface area contributed by atoms with Crippen LogP contribution in [0.15, 0.2) is 27.3 Å². The maximum absolute atomic E-state index is 13.2. The van der Waals surface area contributed by atoms with Crippen molar-refractivity contribution < 1.29 is 22.5 Å². The molecule has 144 valence electrons. The van der Waals surface area contributed by atoms with Crippen LogP contribution in [-0.2, 0) is 11.3 Å². The predicted octanol–water partition coefficient (Wildman–Crippen LogP) is 2.20. The molecule has 1 fully saturated rings. The second-order valence-corrected chi connectivity index (χ2v) is 6.68. The fourth-order valence-corrected chi connectivity index (χ4v) is 3.31.